The number of ether oxygens (including phenoxy) is 1. The van der Waals surface area contributed by atoms with Crippen LogP contribution in [0.2, 0.25) is 0 Å². The van der Waals surface area contributed by atoms with Gasteiger partial charge in [0.15, 0.2) is 0 Å². The van der Waals surface area contributed by atoms with E-state index in [0.717, 1.165) is 70.9 Å². The maximum atomic E-state index is 12.6. The number of amides is 2. The molecule has 2 saturated heterocycles. The fraction of sp³-hybridized carbons (Fsp3) is 0.632. The first-order chi connectivity index (χ1) is 11.8. The van der Waals surface area contributed by atoms with Crippen molar-refractivity contribution in [2.24, 2.45) is 5.92 Å². The van der Waals surface area contributed by atoms with Gasteiger partial charge >= 0.3 is 6.03 Å². The van der Waals surface area contributed by atoms with Crippen LogP contribution < -0.4 is 5.32 Å². The molecule has 24 heavy (non-hydrogen) atoms. The topological polar surface area (TPSA) is 44.8 Å². The Labute approximate surface area is 145 Å². The maximum absolute atomic E-state index is 12.6. The van der Waals surface area contributed by atoms with Gasteiger partial charge in [-0.05, 0) is 30.4 Å². The Balaban J connectivity index is 1.51. The number of hydrogen-bond acceptors (Lipinski definition) is 3. The number of carbonyl (C=O) groups excluding carboxylic acids is 1. The Morgan fingerprint density at radius 2 is 2.04 bits per heavy atom. The van der Waals surface area contributed by atoms with Crippen LogP contribution in [0.3, 0.4) is 0 Å². The highest BCUT2D eigenvalue weighted by Gasteiger charge is 2.28. The van der Waals surface area contributed by atoms with Gasteiger partial charge in [0.2, 0.25) is 0 Å². The van der Waals surface area contributed by atoms with E-state index in [2.05, 4.69) is 23.2 Å². The van der Waals surface area contributed by atoms with Gasteiger partial charge in [-0.2, -0.15) is 0 Å². The Morgan fingerprint density at radius 1 is 1.25 bits per heavy atom. The number of para-hydroxylation sites is 1. The molecule has 2 fully saturated rings. The minimum Gasteiger partial charge on any atom is -0.379 e. The fourth-order valence-corrected chi connectivity index (χ4v) is 3.64. The third kappa shape index (κ3) is 4.48. The molecule has 2 heterocycles. The zero-order valence-corrected chi connectivity index (χ0v) is 14.7. The molecule has 0 saturated carbocycles. The van der Waals surface area contributed by atoms with Crippen LogP contribution in [-0.2, 0) is 11.2 Å². The average molecular weight is 331 g/mol. The third-order valence-electron chi connectivity index (χ3n) is 4.97. The van der Waals surface area contributed by atoms with Gasteiger partial charge < -0.3 is 15.0 Å². The van der Waals surface area contributed by atoms with Gasteiger partial charge in [-0.25, -0.2) is 4.79 Å². The summed E-state index contributed by atoms with van der Waals surface area (Å²) < 4.78 is 5.40. The van der Waals surface area contributed by atoms with E-state index in [1.807, 2.05) is 23.1 Å². The molecule has 0 bridgehead atoms. The summed E-state index contributed by atoms with van der Waals surface area (Å²) in [6.07, 6.45) is 3.18. The predicted octanol–water partition coefficient (Wildman–Crippen LogP) is 2.83. The predicted molar refractivity (Wildman–Crippen MR) is 96.4 cm³/mol. The number of likely N-dealkylation sites (tertiary alicyclic amines) is 1. The number of benzene rings is 1. The van der Waals surface area contributed by atoms with E-state index in [1.54, 1.807) is 0 Å². The van der Waals surface area contributed by atoms with Crippen molar-refractivity contribution in [2.45, 2.75) is 26.2 Å². The molecular weight excluding hydrogens is 302 g/mol. The highest BCUT2D eigenvalue weighted by Crippen LogP contribution is 2.21. The van der Waals surface area contributed by atoms with E-state index in [-0.39, 0.29) is 6.03 Å². The van der Waals surface area contributed by atoms with Crippen LogP contribution in [0.4, 0.5) is 10.5 Å². The molecule has 3 rings (SSSR count). The lowest BCUT2D eigenvalue weighted by molar-refractivity contribution is 0.0314. The highest BCUT2D eigenvalue weighted by atomic mass is 16.5. The summed E-state index contributed by atoms with van der Waals surface area (Å²) in [6.45, 7) is 8.68. The Kier molecular flexibility index (Phi) is 6.10. The second-order valence-corrected chi connectivity index (χ2v) is 6.85. The molecule has 1 N–H and O–H groups in total. The second-order valence-electron chi connectivity index (χ2n) is 6.85. The summed E-state index contributed by atoms with van der Waals surface area (Å²) in [5.41, 5.74) is 2.18. The molecule has 0 aliphatic carbocycles. The summed E-state index contributed by atoms with van der Waals surface area (Å²) in [5, 5.41) is 3.11. The van der Waals surface area contributed by atoms with Gasteiger partial charge in [-0.1, -0.05) is 31.5 Å². The van der Waals surface area contributed by atoms with Crippen molar-refractivity contribution in [3.63, 3.8) is 0 Å². The average Bonchev–Trinajstić information content (AvgIpc) is 3.06. The third-order valence-corrected chi connectivity index (χ3v) is 4.97. The first-order valence-electron chi connectivity index (χ1n) is 9.20. The van der Waals surface area contributed by atoms with Gasteiger partial charge in [0, 0.05) is 38.4 Å². The van der Waals surface area contributed by atoms with Crippen LogP contribution >= 0.6 is 0 Å². The van der Waals surface area contributed by atoms with Crippen LogP contribution in [0, 0.1) is 5.92 Å². The van der Waals surface area contributed by atoms with Crippen molar-refractivity contribution >= 4 is 11.7 Å². The van der Waals surface area contributed by atoms with Crippen LogP contribution in [0.25, 0.3) is 0 Å². The maximum Gasteiger partial charge on any atom is 0.321 e. The minimum absolute atomic E-state index is 0.0445. The highest BCUT2D eigenvalue weighted by molar-refractivity contribution is 5.90. The molecule has 5 nitrogen and oxygen atoms in total. The van der Waals surface area contributed by atoms with Crippen molar-refractivity contribution in [1.82, 2.24) is 9.80 Å². The molecule has 2 aliphatic rings. The summed E-state index contributed by atoms with van der Waals surface area (Å²) in [7, 11) is 0. The number of aryl methyl sites for hydroxylation is 1. The van der Waals surface area contributed by atoms with Crippen molar-refractivity contribution in [3.05, 3.63) is 29.8 Å². The van der Waals surface area contributed by atoms with E-state index in [1.165, 1.54) is 5.56 Å². The lowest BCUT2D eigenvalue weighted by Crippen LogP contribution is -2.40. The van der Waals surface area contributed by atoms with Gasteiger partial charge in [-0.3, -0.25) is 4.90 Å². The molecule has 0 aromatic heterocycles. The van der Waals surface area contributed by atoms with Crippen LogP contribution in [0.15, 0.2) is 24.3 Å². The number of rotatable bonds is 5. The summed E-state index contributed by atoms with van der Waals surface area (Å²) in [6, 6.07) is 8.17. The second kappa shape index (κ2) is 8.49. The van der Waals surface area contributed by atoms with Crippen molar-refractivity contribution in [1.29, 1.82) is 0 Å². The number of anilines is 1. The molecule has 1 unspecified atom stereocenters. The van der Waals surface area contributed by atoms with Gasteiger partial charge in [0.05, 0.1) is 13.2 Å². The molecule has 1 atom stereocenters. The smallest absolute Gasteiger partial charge is 0.321 e. The van der Waals surface area contributed by atoms with Crippen molar-refractivity contribution in [2.75, 3.05) is 51.3 Å². The quantitative estimate of drug-likeness (QED) is 0.902. The zero-order valence-electron chi connectivity index (χ0n) is 14.7. The lowest BCUT2D eigenvalue weighted by Gasteiger charge is -2.29. The molecule has 2 amide bonds. The summed E-state index contributed by atoms with van der Waals surface area (Å²) in [5.74, 6) is 0.583. The Bertz CT molecular complexity index is 543. The fourth-order valence-electron chi connectivity index (χ4n) is 3.64. The van der Waals surface area contributed by atoms with Gasteiger partial charge in [0.25, 0.3) is 0 Å². The van der Waals surface area contributed by atoms with Crippen LogP contribution in [0.1, 0.15) is 25.3 Å². The summed E-state index contributed by atoms with van der Waals surface area (Å²) >= 11 is 0. The molecule has 5 heteroatoms. The molecule has 1 aromatic rings. The van der Waals surface area contributed by atoms with E-state index < -0.39 is 0 Å². The minimum atomic E-state index is 0.0445. The molecule has 0 spiro atoms. The van der Waals surface area contributed by atoms with E-state index in [9.17, 15) is 4.79 Å². The van der Waals surface area contributed by atoms with Crippen molar-refractivity contribution in [3.8, 4) is 0 Å². The SMILES string of the molecule is CCCc1ccccc1NC(=O)N1CCC(CN2CCOCC2)C1. The Hall–Kier alpha value is -1.59. The largest absolute Gasteiger partial charge is 0.379 e. The molecule has 1 aromatic carbocycles. The number of carbonyl (C=O) groups is 1. The lowest BCUT2D eigenvalue weighted by atomic mass is 10.1. The Morgan fingerprint density at radius 3 is 2.83 bits per heavy atom. The molecule has 132 valence electrons. The number of hydrogen-bond donors (Lipinski definition) is 1. The normalized spacial score (nSPS) is 21.9. The standard InChI is InChI=1S/C19H29N3O2/c1-2-5-17-6-3-4-7-18(17)20-19(23)22-9-8-16(15-22)14-21-10-12-24-13-11-21/h3-4,6-7,16H,2,5,8-15H2,1H3,(H,20,23). The number of morpholine rings is 1. The summed E-state index contributed by atoms with van der Waals surface area (Å²) in [4.78, 5) is 17.0. The number of nitrogens with one attached hydrogen (secondary N) is 1. The molecular formula is C19H29N3O2. The monoisotopic (exact) mass is 331 g/mol. The van der Waals surface area contributed by atoms with Crippen molar-refractivity contribution < 1.29 is 9.53 Å². The van der Waals surface area contributed by atoms with E-state index in [0.29, 0.717) is 5.92 Å². The number of nitrogens with zero attached hydrogens (tertiary/aromatic N) is 2. The number of urea groups is 1. The molecule has 2 aliphatic heterocycles. The van der Waals surface area contributed by atoms with Crippen LogP contribution in [-0.4, -0.2) is 61.8 Å². The van der Waals surface area contributed by atoms with E-state index in [4.69, 9.17) is 4.74 Å². The van der Waals surface area contributed by atoms with Crippen LogP contribution in [0.5, 0.6) is 0 Å². The van der Waals surface area contributed by atoms with Gasteiger partial charge in [-0.15, -0.1) is 0 Å². The molecule has 0 radical (unpaired) electrons. The zero-order chi connectivity index (χ0) is 16.8. The first kappa shape index (κ1) is 17.2. The van der Waals surface area contributed by atoms with Gasteiger partial charge in [0.1, 0.15) is 0 Å². The van der Waals surface area contributed by atoms with E-state index >= 15 is 0 Å². The first-order valence-corrected chi connectivity index (χ1v) is 9.20.